The summed E-state index contributed by atoms with van der Waals surface area (Å²) in [6.07, 6.45) is 3.57. The van der Waals surface area contributed by atoms with E-state index in [4.69, 9.17) is 10.3 Å². The van der Waals surface area contributed by atoms with Crippen LogP contribution in [0.5, 0.6) is 0 Å². The van der Waals surface area contributed by atoms with Gasteiger partial charge < -0.3 is 15.2 Å². The number of hydrogen-bond donors (Lipinski definition) is 1. The van der Waals surface area contributed by atoms with Crippen LogP contribution < -0.4 is 10.6 Å². The highest BCUT2D eigenvalue weighted by atomic mass is 16.5. The largest absolute Gasteiger partial charge is 0.398 e. The fourth-order valence-electron chi connectivity index (χ4n) is 2.35. The third-order valence-electron chi connectivity index (χ3n) is 3.32. The summed E-state index contributed by atoms with van der Waals surface area (Å²) >= 11 is 0. The van der Waals surface area contributed by atoms with Crippen LogP contribution in [0.1, 0.15) is 11.5 Å². The van der Waals surface area contributed by atoms with Crippen molar-refractivity contribution >= 4 is 22.1 Å². The summed E-state index contributed by atoms with van der Waals surface area (Å²) in [4.78, 5) is 6.26. The molecule has 1 aromatic carbocycles. The van der Waals surface area contributed by atoms with E-state index in [9.17, 15) is 0 Å². The zero-order valence-corrected chi connectivity index (χ0v) is 11.5. The predicted molar refractivity (Wildman–Crippen MR) is 79.5 cm³/mol. The van der Waals surface area contributed by atoms with Gasteiger partial charge in [-0.2, -0.15) is 0 Å². The van der Waals surface area contributed by atoms with Crippen LogP contribution in [-0.4, -0.2) is 17.2 Å². The van der Waals surface area contributed by atoms with Crippen LogP contribution in [0, 0.1) is 6.92 Å². The van der Waals surface area contributed by atoms with Crippen LogP contribution in [-0.2, 0) is 6.54 Å². The number of aryl methyl sites for hydroxylation is 1. The molecule has 0 unspecified atom stereocenters. The van der Waals surface area contributed by atoms with E-state index in [1.54, 1.807) is 12.4 Å². The van der Waals surface area contributed by atoms with Gasteiger partial charge in [-0.15, -0.1) is 0 Å². The molecule has 102 valence electrons. The van der Waals surface area contributed by atoms with Gasteiger partial charge in [0.15, 0.2) is 0 Å². The number of benzene rings is 1. The summed E-state index contributed by atoms with van der Waals surface area (Å²) in [7, 11) is 2.02. The molecule has 5 heteroatoms. The minimum Gasteiger partial charge on any atom is -0.398 e. The Morgan fingerprint density at radius 3 is 2.85 bits per heavy atom. The number of pyridine rings is 1. The van der Waals surface area contributed by atoms with E-state index in [2.05, 4.69) is 15.0 Å². The first-order valence-electron chi connectivity index (χ1n) is 6.40. The molecule has 3 rings (SSSR count). The van der Waals surface area contributed by atoms with Crippen LogP contribution in [0.25, 0.3) is 10.8 Å². The minimum atomic E-state index is 0.679. The molecular formula is C15H16N4O. The lowest BCUT2D eigenvalue weighted by Gasteiger charge is -2.20. The van der Waals surface area contributed by atoms with Gasteiger partial charge in [0.05, 0.1) is 6.54 Å². The summed E-state index contributed by atoms with van der Waals surface area (Å²) in [5.41, 5.74) is 8.73. The summed E-state index contributed by atoms with van der Waals surface area (Å²) in [6.45, 7) is 2.57. The lowest BCUT2D eigenvalue weighted by Crippen LogP contribution is -2.17. The van der Waals surface area contributed by atoms with Crippen molar-refractivity contribution in [2.45, 2.75) is 13.5 Å². The Kier molecular flexibility index (Phi) is 3.02. The maximum atomic E-state index is 6.00. The van der Waals surface area contributed by atoms with Crippen molar-refractivity contribution in [2.75, 3.05) is 17.7 Å². The summed E-state index contributed by atoms with van der Waals surface area (Å²) in [6, 6.07) is 7.84. The van der Waals surface area contributed by atoms with Gasteiger partial charge in [0.2, 0.25) is 0 Å². The molecule has 0 aliphatic rings. The molecule has 0 spiro atoms. The number of nitrogens with two attached hydrogens (primary N) is 1. The molecule has 0 bridgehead atoms. The lowest BCUT2D eigenvalue weighted by molar-refractivity contribution is 0.390. The van der Waals surface area contributed by atoms with E-state index < -0.39 is 0 Å². The Bertz CT molecular complexity index is 750. The standard InChI is InChI=1S/C15H16N4O/c1-10-7-11(18-20-10)9-19(2)15-4-3-14(16)13-8-17-6-5-12(13)15/h3-8H,9,16H2,1-2H3. The summed E-state index contributed by atoms with van der Waals surface area (Å²) < 4.78 is 5.10. The molecule has 0 aliphatic carbocycles. The highest BCUT2D eigenvalue weighted by Gasteiger charge is 2.10. The van der Waals surface area contributed by atoms with Crippen molar-refractivity contribution in [3.05, 3.63) is 48.1 Å². The van der Waals surface area contributed by atoms with Crippen LogP contribution in [0.3, 0.4) is 0 Å². The monoisotopic (exact) mass is 268 g/mol. The topological polar surface area (TPSA) is 68.2 Å². The van der Waals surface area contributed by atoms with Gasteiger partial charge in [0.1, 0.15) is 11.5 Å². The summed E-state index contributed by atoms with van der Waals surface area (Å²) in [5, 5.41) is 6.08. The first-order chi connectivity index (χ1) is 9.65. The Hall–Kier alpha value is -2.56. The number of aromatic nitrogens is 2. The number of hydrogen-bond acceptors (Lipinski definition) is 5. The van der Waals surface area contributed by atoms with Crippen molar-refractivity contribution in [1.29, 1.82) is 0 Å². The van der Waals surface area contributed by atoms with Crippen LogP contribution >= 0.6 is 0 Å². The molecule has 3 aromatic rings. The highest BCUT2D eigenvalue weighted by Crippen LogP contribution is 2.30. The molecule has 0 aliphatic heterocycles. The predicted octanol–water partition coefficient (Wildman–Crippen LogP) is 2.75. The number of nitrogen functional groups attached to an aromatic ring is 1. The molecule has 0 fully saturated rings. The minimum absolute atomic E-state index is 0.679. The molecule has 0 saturated heterocycles. The zero-order chi connectivity index (χ0) is 14.1. The third-order valence-corrected chi connectivity index (χ3v) is 3.32. The van der Waals surface area contributed by atoms with Gasteiger partial charge in [0, 0.05) is 47.7 Å². The van der Waals surface area contributed by atoms with Gasteiger partial charge in [-0.25, -0.2) is 0 Å². The first-order valence-corrected chi connectivity index (χ1v) is 6.40. The van der Waals surface area contributed by atoms with Gasteiger partial charge in [-0.1, -0.05) is 5.16 Å². The highest BCUT2D eigenvalue weighted by molar-refractivity contribution is 6.00. The van der Waals surface area contributed by atoms with E-state index in [1.807, 2.05) is 38.2 Å². The first kappa shape index (κ1) is 12.5. The van der Waals surface area contributed by atoms with E-state index in [0.29, 0.717) is 6.54 Å². The fraction of sp³-hybridized carbons (Fsp3) is 0.200. The molecule has 2 aromatic heterocycles. The molecule has 5 nitrogen and oxygen atoms in total. The van der Waals surface area contributed by atoms with Crippen LogP contribution in [0.15, 0.2) is 41.2 Å². The van der Waals surface area contributed by atoms with Gasteiger partial charge >= 0.3 is 0 Å². The molecular weight excluding hydrogens is 252 g/mol. The van der Waals surface area contributed by atoms with Crippen LogP contribution in [0.4, 0.5) is 11.4 Å². The maximum absolute atomic E-state index is 6.00. The second kappa shape index (κ2) is 4.85. The normalized spacial score (nSPS) is 10.9. The smallest absolute Gasteiger partial charge is 0.133 e. The maximum Gasteiger partial charge on any atom is 0.133 e. The van der Waals surface area contributed by atoms with Crippen molar-refractivity contribution < 1.29 is 4.52 Å². The SMILES string of the molecule is Cc1cc(CN(C)c2ccc(N)c3cnccc23)no1. The average molecular weight is 268 g/mol. The van der Waals surface area contributed by atoms with Crippen molar-refractivity contribution in [3.8, 4) is 0 Å². The number of nitrogens with zero attached hydrogens (tertiary/aromatic N) is 3. The molecule has 2 N–H and O–H groups in total. The summed E-state index contributed by atoms with van der Waals surface area (Å²) in [5.74, 6) is 0.819. The number of fused-ring (bicyclic) bond motifs is 1. The van der Waals surface area contributed by atoms with Gasteiger partial charge in [0.25, 0.3) is 0 Å². The third kappa shape index (κ3) is 2.18. The zero-order valence-electron chi connectivity index (χ0n) is 11.5. The molecule has 2 heterocycles. The van der Waals surface area contributed by atoms with E-state index in [-0.39, 0.29) is 0 Å². The fourth-order valence-corrected chi connectivity index (χ4v) is 2.35. The van der Waals surface area contributed by atoms with Gasteiger partial charge in [-0.05, 0) is 25.1 Å². The van der Waals surface area contributed by atoms with E-state index in [1.165, 1.54) is 0 Å². The number of rotatable bonds is 3. The lowest BCUT2D eigenvalue weighted by atomic mass is 10.1. The Labute approximate surface area is 117 Å². The van der Waals surface area contributed by atoms with E-state index >= 15 is 0 Å². The van der Waals surface area contributed by atoms with E-state index in [0.717, 1.165) is 33.6 Å². The second-order valence-electron chi connectivity index (χ2n) is 4.88. The number of anilines is 2. The molecule has 0 atom stereocenters. The second-order valence-corrected chi connectivity index (χ2v) is 4.88. The molecule has 0 amide bonds. The van der Waals surface area contributed by atoms with Crippen LogP contribution in [0.2, 0.25) is 0 Å². The van der Waals surface area contributed by atoms with Crippen molar-refractivity contribution in [2.24, 2.45) is 0 Å². The van der Waals surface area contributed by atoms with Crippen molar-refractivity contribution in [3.63, 3.8) is 0 Å². The van der Waals surface area contributed by atoms with Crippen molar-refractivity contribution in [1.82, 2.24) is 10.1 Å². The Balaban J connectivity index is 1.99. The quantitative estimate of drug-likeness (QED) is 0.740. The Morgan fingerprint density at radius 2 is 2.10 bits per heavy atom. The average Bonchev–Trinajstić information content (AvgIpc) is 2.84. The molecule has 20 heavy (non-hydrogen) atoms. The Morgan fingerprint density at radius 1 is 1.25 bits per heavy atom. The molecule has 0 saturated carbocycles. The van der Waals surface area contributed by atoms with Gasteiger partial charge in [-0.3, -0.25) is 4.98 Å². The molecule has 0 radical (unpaired) electrons.